The molecule has 0 spiro atoms. The van der Waals surface area contributed by atoms with Crippen LogP contribution in [0.25, 0.3) is 0 Å². The van der Waals surface area contributed by atoms with E-state index in [1.807, 2.05) is 31.2 Å². The molecule has 1 amide bonds. The molecule has 0 saturated heterocycles. The van der Waals surface area contributed by atoms with Gasteiger partial charge in [0.25, 0.3) is 0 Å². The first-order valence-electron chi connectivity index (χ1n) is 7.73. The quantitative estimate of drug-likeness (QED) is 0.705. The van der Waals surface area contributed by atoms with E-state index in [2.05, 4.69) is 17.6 Å². The number of carbonyl (C=O) groups excluding carboxylic acids is 1. The molecule has 2 N–H and O–H groups in total. The van der Waals surface area contributed by atoms with Gasteiger partial charge in [-0.3, -0.25) is 4.79 Å². The molecule has 2 aromatic carbocycles. The van der Waals surface area contributed by atoms with E-state index in [0.717, 1.165) is 17.9 Å². The molecule has 0 heterocycles. The summed E-state index contributed by atoms with van der Waals surface area (Å²) < 4.78 is 5.76. The van der Waals surface area contributed by atoms with Gasteiger partial charge in [0.1, 0.15) is 5.75 Å². The number of ether oxygens (including phenoxy) is 1. The number of rotatable bonds is 7. The van der Waals surface area contributed by atoms with Gasteiger partial charge in [-0.15, -0.1) is 0 Å². The number of nitrogens with one attached hydrogen (secondary N) is 2. The average Bonchev–Trinajstić information content (AvgIpc) is 2.56. The fourth-order valence-corrected chi connectivity index (χ4v) is 2.42. The van der Waals surface area contributed by atoms with Crippen molar-refractivity contribution in [3.8, 4) is 5.75 Å². The molecule has 0 aliphatic heterocycles. The zero-order chi connectivity index (χ0) is 17.5. The maximum Gasteiger partial charge on any atom is 0.243 e. The van der Waals surface area contributed by atoms with Crippen molar-refractivity contribution in [3.05, 3.63) is 52.5 Å². The van der Waals surface area contributed by atoms with Gasteiger partial charge in [-0.25, -0.2) is 0 Å². The normalized spacial score (nSPS) is 11.7. The molecular weight excluding hydrogens is 347 g/mol. The van der Waals surface area contributed by atoms with Crippen molar-refractivity contribution in [2.75, 3.05) is 17.2 Å². The average molecular weight is 367 g/mol. The molecule has 0 aliphatic rings. The minimum atomic E-state index is -0.201. The summed E-state index contributed by atoms with van der Waals surface area (Å²) in [6, 6.07) is 12.5. The summed E-state index contributed by atoms with van der Waals surface area (Å²) in [5.41, 5.74) is 1.34. The van der Waals surface area contributed by atoms with Crippen LogP contribution in [0.1, 0.15) is 20.3 Å². The number of benzene rings is 2. The number of carbonyl (C=O) groups is 1. The van der Waals surface area contributed by atoms with Crippen molar-refractivity contribution >= 4 is 40.5 Å². The molecule has 1 atom stereocenters. The van der Waals surface area contributed by atoms with Gasteiger partial charge < -0.3 is 15.4 Å². The smallest absolute Gasteiger partial charge is 0.243 e. The maximum absolute atomic E-state index is 12.0. The molecule has 128 valence electrons. The topological polar surface area (TPSA) is 50.4 Å². The van der Waals surface area contributed by atoms with Gasteiger partial charge in [0.2, 0.25) is 5.91 Å². The SMILES string of the molecule is CCC(C)Oc1cccc(NCC(=O)Nc2ccc(Cl)cc2Cl)c1. The Bertz CT molecular complexity index is 707. The van der Waals surface area contributed by atoms with E-state index >= 15 is 0 Å². The molecule has 24 heavy (non-hydrogen) atoms. The Morgan fingerprint density at radius 1 is 1.21 bits per heavy atom. The zero-order valence-electron chi connectivity index (χ0n) is 13.6. The molecule has 0 aliphatic carbocycles. The number of amides is 1. The van der Waals surface area contributed by atoms with Crippen molar-refractivity contribution in [1.29, 1.82) is 0 Å². The van der Waals surface area contributed by atoms with Crippen LogP contribution in [0.15, 0.2) is 42.5 Å². The number of halogens is 2. The van der Waals surface area contributed by atoms with Gasteiger partial charge in [-0.05, 0) is 43.7 Å². The summed E-state index contributed by atoms with van der Waals surface area (Å²) in [7, 11) is 0. The molecule has 4 nitrogen and oxygen atoms in total. The lowest BCUT2D eigenvalue weighted by Crippen LogP contribution is -2.22. The number of hydrogen-bond donors (Lipinski definition) is 2. The third kappa shape index (κ3) is 5.62. The fraction of sp³-hybridized carbons (Fsp3) is 0.278. The zero-order valence-corrected chi connectivity index (χ0v) is 15.1. The van der Waals surface area contributed by atoms with Crippen LogP contribution in [-0.2, 0) is 4.79 Å². The highest BCUT2D eigenvalue weighted by atomic mass is 35.5. The molecule has 1 unspecified atom stereocenters. The third-order valence-electron chi connectivity index (χ3n) is 3.40. The Morgan fingerprint density at radius 3 is 2.71 bits per heavy atom. The van der Waals surface area contributed by atoms with Gasteiger partial charge in [0.15, 0.2) is 0 Å². The summed E-state index contributed by atoms with van der Waals surface area (Å²) in [6.45, 7) is 4.20. The van der Waals surface area contributed by atoms with Gasteiger partial charge in [0.05, 0.1) is 23.4 Å². The van der Waals surface area contributed by atoms with Gasteiger partial charge >= 0.3 is 0 Å². The summed E-state index contributed by atoms with van der Waals surface area (Å²) in [6.07, 6.45) is 1.08. The Balaban J connectivity index is 1.90. The van der Waals surface area contributed by atoms with Crippen LogP contribution in [0.2, 0.25) is 10.0 Å². The highest BCUT2D eigenvalue weighted by Crippen LogP contribution is 2.25. The Labute approximate surface area is 152 Å². The van der Waals surface area contributed by atoms with Crippen molar-refractivity contribution in [1.82, 2.24) is 0 Å². The minimum absolute atomic E-state index is 0.117. The second kappa shape index (κ2) is 8.81. The summed E-state index contributed by atoms with van der Waals surface area (Å²) >= 11 is 11.9. The van der Waals surface area contributed by atoms with Crippen LogP contribution >= 0.6 is 23.2 Å². The Kier molecular flexibility index (Phi) is 6.76. The molecule has 0 fully saturated rings. The van der Waals surface area contributed by atoms with E-state index in [-0.39, 0.29) is 18.6 Å². The number of hydrogen-bond acceptors (Lipinski definition) is 3. The Morgan fingerprint density at radius 2 is 2.00 bits per heavy atom. The van der Waals surface area contributed by atoms with Gasteiger partial charge in [-0.2, -0.15) is 0 Å². The molecule has 2 rings (SSSR count). The van der Waals surface area contributed by atoms with Crippen LogP contribution in [0.4, 0.5) is 11.4 Å². The lowest BCUT2D eigenvalue weighted by molar-refractivity contribution is -0.114. The van der Waals surface area contributed by atoms with Crippen LogP contribution in [0.5, 0.6) is 5.75 Å². The van der Waals surface area contributed by atoms with Gasteiger partial charge in [-0.1, -0.05) is 36.2 Å². The molecule has 0 radical (unpaired) electrons. The molecular formula is C18H20Cl2N2O2. The summed E-state index contributed by atoms with van der Waals surface area (Å²) in [5.74, 6) is 0.572. The number of anilines is 2. The molecule has 0 bridgehead atoms. The maximum atomic E-state index is 12.0. The first kappa shape index (κ1) is 18.4. The monoisotopic (exact) mass is 366 g/mol. The van der Waals surface area contributed by atoms with Crippen molar-refractivity contribution < 1.29 is 9.53 Å². The van der Waals surface area contributed by atoms with E-state index in [1.54, 1.807) is 18.2 Å². The van der Waals surface area contributed by atoms with Crippen LogP contribution < -0.4 is 15.4 Å². The third-order valence-corrected chi connectivity index (χ3v) is 3.95. The molecule has 0 aromatic heterocycles. The van der Waals surface area contributed by atoms with Crippen molar-refractivity contribution in [2.24, 2.45) is 0 Å². The van der Waals surface area contributed by atoms with Gasteiger partial charge in [0, 0.05) is 16.8 Å². The minimum Gasteiger partial charge on any atom is -0.491 e. The van der Waals surface area contributed by atoms with Crippen LogP contribution in [0.3, 0.4) is 0 Å². The summed E-state index contributed by atoms with van der Waals surface area (Å²) in [5, 5.41) is 6.73. The predicted octanol–water partition coefficient (Wildman–Crippen LogP) is 5.22. The van der Waals surface area contributed by atoms with E-state index in [9.17, 15) is 4.79 Å². The van der Waals surface area contributed by atoms with E-state index < -0.39 is 0 Å². The van der Waals surface area contributed by atoms with Crippen molar-refractivity contribution in [3.63, 3.8) is 0 Å². The van der Waals surface area contributed by atoms with E-state index in [4.69, 9.17) is 27.9 Å². The second-order valence-electron chi connectivity index (χ2n) is 5.39. The predicted molar refractivity (Wildman–Crippen MR) is 100 cm³/mol. The highest BCUT2D eigenvalue weighted by molar-refractivity contribution is 6.36. The van der Waals surface area contributed by atoms with Crippen LogP contribution in [-0.4, -0.2) is 18.6 Å². The Hall–Kier alpha value is -1.91. The second-order valence-corrected chi connectivity index (χ2v) is 6.23. The lowest BCUT2D eigenvalue weighted by Gasteiger charge is -2.14. The van der Waals surface area contributed by atoms with Crippen LogP contribution in [0, 0.1) is 0 Å². The standard InChI is InChI=1S/C18H20Cl2N2O2/c1-3-12(2)24-15-6-4-5-14(10-15)21-11-18(23)22-17-8-7-13(19)9-16(17)20/h4-10,12,21H,3,11H2,1-2H3,(H,22,23). The molecule has 6 heteroatoms. The first-order valence-corrected chi connectivity index (χ1v) is 8.49. The molecule has 2 aromatic rings. The van der Waals surface area contributed by atoms with Crippen molar-refractivity contribution in [2.45, 2.75) is 26.4 Å². The summed E-state index contributed by atoms with van der Waals surface area (Å²) in [4.78, 5) is 12.0. The van der Waals surface area contributed by atoms with E-state index in [0.29, 0.717) is 15.7 Å². The largest absolute Gasteiger partial charge is 0.491 e. The highest BCUT2D eigenvalue weighted by Gasteiger charge is 2.07. The lowest BCUT2D eigenvalue weighted by atomic mass is 10.2. The first-order chi connectivity index (χ1) is 11.5. The molecule has 0 saturated carbocycles. The van der Waals surface area contributed by atoms with E-state index in [1.165, 1.54) is 0 Å². The fourth-order valence-electron chi connectivity index (χ4n) is 1.96.